The molecule has 1 N–H and O–H groups in total. The molecule has 5 heteroatoms. The SMILES string of the molecule is COc1cc(-c2ccccc2)sc1C(=O)NC(C)c1ccc(C)o1. The summed E-state index contributed by atoms with van der Waals surface area (Å²) < 4.78 is 11.0. The molecule has 0 aliphatic carbocycles. The fourth-order valence-corrected chi connectivity index (χ4v) is 3.48. The predicted molar refractivity (Wildman–Crippen MR) is 95.6 cm³/mol. The lowest BCUT2D eigenvalue weighted by molar-refractivity contribution is 0.0936. The number of methoxy groups -OCH3 is 1. The maximum Gasteiger partial charge on any atom is 0.265 e. The highest BCUT2D eigenvalue weighted by molar-refractivity contribution is 7.17. The van der Waals surface area contributed by atoms with Gasteiger partial charge in [0.15, 0.2) is 0 Å². The molecule has 0 radical (unpaired) electrons. The monoisotopic (exact) mass is 341 g/mol. The van der Waals surface area contributed by atoms with Crippen LogP contribution >= 0.6 is 11.3 Å². The van der Waals surface area contributed by atoms with Gasteiger partial charge in [-0.25, -0.2) is 0 Å². The lowest BCUT2D eigenvalue weighted by Gasteiger charge is -2.11. The fourth-order valence-electron chi connectivity index (χ4n) is 2.45. The summed E-state index contributed by atoms with van der Waals surface area (Å²) in [5, 5.41) is 2.96. The molecule has 1 unspecified atom stereocenters. The van der Waals surface area contributed by atoms with E-state index in [9.17, 15) is 4.79 Å². The van der Waals surface area contributed by atoms with Gasteiger partial charge in [-0.05, 0) is 37.6 Å². The van der Waals surface area contributed by atoms with Crippen LogP contribution in [-0.4, -0.2) is 13.0 Å². The molecule has 1 atom stereocenters. The van der Waals surface area contributed by atoms with Crippen molar-refractivity contribution in [3.63, 3.8) is 0 Å². The number of benzene rings is 1. The average molecular weight is 341 g/mol. The zero-order valence-electron chi connectivity index (χ0n) is 13.8. The molecule has 0 aliphatic heterocycles. The molecule has 1 aromatic carbocycles. The van der Waals surface area contributed by atoms with Gasteiger partial charge in [-0.3, -0.25) is 4.79 Å². The summed E-state index contributed by atoms with van der Waals surface area (Å²) in [4.78, 5) is 14.2. The molecule has 4 nitrogen and oxygen atoms in total. The number of amides is 1. The van der Waals surface area contributed by atoms with E-state index < -0.39 is 0 Å². The molecule has 0 aliphatic rings. The van der Waals surface area contributed by atoms with E-state index >= 15 is 0 Å². The van der Waals surface area contributed by atoms with E-state index in [1.165, 1.54) is 11.3 Å². The molecular formula is C19H19NO3S. The highest BCUT2D eigenvalue weighted by atomic mass is 32.1. The first-order valence-corrected chi connectivity index (χ1v) is 8.50. The zero-order chi connectivity index (χ0) is 17.1. The van der Waals surface area contributed by atoms with Gasteiger partial charge in [-0.15, -0.1) is 11.3 Å². The number of ether oxygens (including phenoxy) is 1. The first kappa shape index (κ1) is 16.3. The fraction of sp³-hybridized carbons (Fsp3) is 0.211. The summed E-state index contributed by atoms with van der Waals surface area (Å²) in [5.74, 6) is 1.98. The van der Waals surface area contributed by atoms with Crippen molar-refractivity contribution in [3.8, 4) is 16.2 Å². The lowest BCUT2D eigenvalue weighted by Crippen LogP contribution is -2.25. The molecule has 2 aromatic heterocycles. The molecule has 124 valence electrons. The summed E-state index contributed by atoms with van der Waals surface area (Å²) >= 11 is 1.42. The highest BCUT2D eigenvalue weighted by Gasteiger charge is 2.21. The van der Waals surface area contributed by atoms with Crippen molar-refractivity contribution >= 4 is 17.2 Å². The summed E-state index contributed by atoms with van der Waals surface area (Å²) in [6.45, 7) is 3.78. The summed E-state index contributed by atoms with van der Waals surface area (Å²) in [5.41, 5.74) is 1.06. The van der Waals surface area contributed by atoms with Gasteiger partial charge in [-0.2, -0.15) is 0 Å². The van der Waals surface area contributed by atoms with Crippen LogP contribution in [0.1, 0.15) is 34.2 Å². The van der Waals surface area contributed by atoms with E-state index in [-0.39, 0.29) is 11.9 Å². The van der Waals surface area contributed by atoms with Crippen LogP contribution in [0.25, 0.3) is 10.4 Å². The third-order valence-corrected chi connectivity index (χ3v) is 4.88. The number of rotatable bonds is 5. The van der Waals surface area contributed by atoms with Crippen molar-refractivity contribution in [1.29, 1.82) is 0 Å². The smallest absolute Gasteiger partial charge is 0.265 e. The second-order valence-corrected chi connectivity index (χ2v) is 6.57. The average Bonchev–Trinajstić information content (AvgIpc) is 3.22. The molecule has 1 amide bonds. The molecule has 0 saturated heterocycles. The second kappa shape index (κ2) is 6.93. The molecule has 0 spiro atoms. The molecule has 24 heavy (non-hydrogen) atoms. The normalized spacial score (nSPS) is 12.0. The summed E-state index contributed by atoms with van der Waals surface area (Å²) in [6.07, 6.45) is 0. The Morgan fingerprint density at radius 1 is 1.21 bits per heavy atom. The van der Waals surface area contributed by atoms with Crippen molar-refractivity contribution in [2.45, 2.75) is 19.9 Å². The van der Waals surface area contributed by atoms with Crippen LogP contribution in [-0.2, 0) is 0 Å². The van der Waals surface area contributed by atoms with Crippen LogP contribution in [0.5, 0.6) is 5.75 Å². The van der Waals surface area contributed by atoms with E-state index in [0.29, 0.717) is 10.6 Å². The van der Waals surface area contributed by atoms with Gasteiger partial charge in [0.2, 0.25) is 0 Å². The minimum Gasteiger partial charge on any atom is -0.495 e. The van der Waals surface area contributed by atoms with Gasteiger partial charge in [-0.1, -0.05) is 30.3 Å². The van der Waals surface area contributed by atoms with Gasteiger partial charge in [0.05, 0.1) is 13.2 Å². The Morgan fingerprint density at radius 3 is 2.58 bits per heavy atom. The number of hydrogen-bond donors (Lipinski definition) is 1. The Balaban J connectivity index is 1.83. The van der Waals surface area contributed by atoms with Gasteiger partial charge in [0.1, 0.15) is 22.1 Å². The quantitative estimate of drug-likeness (QED) is 0.724. The Hall–Kier alpha value is -2.53. The molecule has 0 fully saturated rings. The Morgan fingerprint density at radius 2 is 1.96 bits per heavy atom. The Labute approximate surface area is 145 Å². The van der Waals surface area contributed by atoms with Crippen molar-refractivity contribution in [2.75, 3.05) is 7.11 Å². The minimum absolute atomic E-state index is 0.166. The standard InChI is InChI=1S/C19H19NO3S/c1-12-9-10-15(23-12)13(2)20-19(21)18-16(22-3)11-17(24-18)14-7-5-4-6-8-14/h4-11,13H,1-3H3,(H,20,21). The number of hydrogen-bond acceptors (Lipinski definition) is 4. The van der Waals surface area contributed by atoms with Gasteiger partial charge in [0.25, 0.3) is 5.91 Å². The Bertz CT molecular complexity index is 835. The highest BCUT2D eigenvalue weighted by Crippen LogP contribution is 2.36. The third kappa shape index (κ3) is 3.36. The first-order valence-electron chi connectivity index (χ1n) is 7.69. The molecule has 3 rings (SSSR count). The summed E-state index contributed by atoms with van der Waals surface area (Å²) in [6, 6.07) is 15.4. The maximum absolute atomic E-state index is 12.6. The van der Waals surface area contributed by atoms with E-state index in [1.54, 1.807) is 7.11 Å². The first-order chi connectivity index (χ1) is 11.6. The molecule has 0 saturated carbocycles. The molecule has 2 heterocycles. The largest absolute Gasteiger partial charge is 0.495 e. The van der Waals surface area contributed by atoms with E-state index in [4.69, 9.17) is 9.15 Å². The van der Waals surface area contributed by atoms with Gasteiger partial charge >= 0.3 is 0 Å². The number of carbonyl (C=O) groups excluding carboxylic acids is 1. The van der Waals surface area contributed by atoms with Crippen LogP contribution < -0.4 is 10.1 Å². The van der Waals surface area contributed by atoms with E-state index in [1.807, 2.05) is 62.4 Å². The van der Waals surface area contributed by atoms with E-state index in [0.717, 1.165) is 22.0 Å². The number of aryl methyl sites for hydroxylation is 1. The van der Waals surface area contributed by atoms with Gasteiger partial charge in [0, 0.05) is 4.88 Å². The van der Waals surface area contributed by atoms with E-state index in [2.05, 4.69) is 5.32 Å². The minimum atomic E-state index is -0.210. The number of carbonyl (C=O) groups is 1. The van der Waals surface area contributed by atoms with Crippen molar-refractivity contribution in [2.24, 2.45) is 0 Å². The third-order valence-electron chi connectivity index (χ3n) is 3.72. The Kier molecular flexibility index (Phi) is 4.71. The molecule has 3 aromatic rings. The van der Waals surface area contributed by atoms with Crippen LogP contribution in [0, 0.1) is 6.92 Å². The topological polar surface area (TPSA) is 51.5 Å². The molecular weight excluding hydrogens is 322 g/mol. The zero-order valence-corrected chi connectivity index (χ0v) is 14.6. The number of nitrogens with one attached hydrogen (secondary N) is 1. The van der Waals surface area contributed by atoms with Crippen molar-refractivity contribution in [3.05, 3.63) is 64.9 Å². The van der Waals surface area contributed by atoms with Crippen LogP contribution in [0.2, 0.25) is 0 Å². The van der Waals surface area contributed by atoms with Crippen molar-refractivity contribution in [1.82, 2.24) is 5.32 Å². The van der Waals surface area contributed by atoms with Gasteiger partial charge < -0.3 is 14.5 Å². The summed E-state index contributed by atoms with van der Waals surface area (Å²) in [7, 11) is 1.58. The predicted octanol–water partition coefficient (Wildman–Crippen LogP) is 4.82. The second-order valence-electron chi connectivity index (χ2n) is 5.52. The van der Waals surface area contributed by atoms with Crippen LogP contribution in [0.4, 0.5) is 0 Å². The van der Waals surface area contributed by atoms with Crippen LogP contribution in [0.15, 0.2) is 52.9 Å². The lowest BCUT2D eigenvalue weighted by atomic mass is 10.2. The van der Waals surface area contributed by atoms with Crippen molar-refractivity contribution < 1.29 is 13.9 Å². The maximum atomic E-state index is 12.6. The van der Waals surface area contributed by atoms with Crippen LogP contribution in [0.3, 0.4) is 0 Å². The number of thiophene rings is 1. The molecule has 0 bridgehead atoms. The number of furan rings is 1.